The van der Waals surface area contributed by atoms with E-state index >= 15 is 0 Å². The van der Waals surface area contributed by atoms with Gasteiger partial charge in [0.1, 0.15) is 0 Å². The normalized spacial score (nSPS) is 19.8. The van der Waals surface area contributed by atoms with Crippen molar-refractivity contribution in [3.8, 4) is 0 Å². The van der Waals surface area contributed by atoms with Gasteiger partial charge < -0.3 is 5.32 Å². The van der Waals surface area contributed by atoms with Gasteiger partial charge in [0, 0.05) is 18.7 Å². The molecule has 1 aromatic rings. The van der Waals surface area contributed by atoms with E-state index in [4.69, 9.17) is 0 Å². The van der Waals surface area contributed by atoms with Gasteiger partial charge in [0.2, 0.25) is 10.0 Å². The monoisotopic (exact) mass is 299 g/mol. The first-order chi connectivity index (χ1) is 9.42. The van der Waals surface area contributed by atoms with Crippen LogP contribution in [-0.2, 0) is 10.0 Å². The molecular formula is C12H17N3O4S. The number of piperidine rings is 1. The van der Waals surface area contributed by atoms with Crippen LogP contribution in [0.4, 0.5) is 5.69 Å². The standard InChI is InChI=1S/C12H17N3O4S/c1-9-4-2-6-11(15(16)17)12(9)20(18,19)14-10-5-3-7-13-8-10/h2,4,6,10,13-14H,3,5,7-8H2,1H3. The minimum Gasteiger partial charge on any atom is -0.315 e. The number of sulfonamides is 1. The van der Waals surface area contributed by atoms with Crippen molar-refractivity contribution in [3.63, 3.8) is 0 Å². The topological polar surface area (TPSA) is 101 Å². The highest BCUT2D eigenvalue weighted by atomic mass is 32.2. The molecule has 0 radical (unpaired) electrons. The van der Waals surface area contributed by atoms with Gasteiger partial charge in [-0.15, -0.1) is 0 Å². The maximum atomic E-state index is 12.4. The van der Waals surface area contributed by atoms with Crippen LogP contribution in [0.3, 0.4) is 0 Å². The first-order valence-electron chi connectivity index (χ1n) is 6.39. The van der Waals surface area contributed by atoms with E-state index in [0.717, 1.165) is 19.4 Å². The fourth-order valence-corrected chi connectivity index (χ4v) is 4.03. The Morgan fingerprint density at radius 3 is 2.80 bits per heavy atom. The SMILES string of the molecule is Cc1cccc([N+](=O)[O-])c1S(=O)(=O)NC1CCCNC1. The summed E-state index contributed by atoms with van der Waals surface area (Å²) in [4.78, 5) is 10.1. The number of rotatable bonds is 4. The second-order valence-corrected chi connectivity index (χ2v) is 6.50. The minimum absolute atomic E-state index is 0.229. The van der Waals surface area contributed by atoms with Crippen LogP contribution in [0.15, 0.2) is 23.1 Å². The van der Waals surface area contributed by atoms with Crippen molar-refractivity contribution >= 4 is 15.7 Å². The third-order valence-electron chi connectivity index (χ3n) is 3.28. The number of nitrogens with zero attached hydrogens (tertiary/aromatic N) is 1. The molecule has 8 heteroatoms. The van der Waals surface area contributed by atoms with Crippen LogP contribution in [0, 0.1) is 17.0 Å². The Balaban J connectivity index is 2.36. The highest BCUT2D eigenvalue weighted by Gasteiger charge is 2.30. The van der Waals surface area contributed by atoms with Crippen LogP contribution >= 0.6 is 0 Å². The quantitative estimate of drug-likeness (QED) is 0.636. The summed E-state index contributed by atoms with van der Waals surface area (Å²) >= 11 is 0. The molecule has 1 saturated heterocycles. The third kappa shape index (κ3) is 3.14. The van der Waals surface area contributed by atoms with E-state index in [1.54, 1.807) is 13.0 Å². The largest absolute Gasteiger partial charge is 0.315 e. The molecule has 1 aliphatic heterocycles. The van der Waals surface area contributed by atoms with E-state index in [0.29, 0.717) is 12.1 Å². The lowest BCUT2D eigenvalue weighted by Gasteiger charge is -2.23. The molecule has 1 aromatic carbocycles. The Hall–Kier alpha value is -1.51. The van der Waals surface area contributed by atoms with E-state index in [2.05, 4.69) is 10.0 Å². The Morgan fingerprint density at radius 1 is 1.45 bits per heavy atom. The van der Waals surface area contributed by atoms with Gasteiger partial charge in [0.15, 0.2) is 4.90 Å². The van der Waals surface area contributed by atoms with Gasteiger partial charge in [0.25, 0.3) is 5.69 Å². The van der Waals surface area contributed by atoms with E-state index in [1.807, 2.05) is 0 Å². The van der Waals surface area contributed by atoms with Gasteiger partial charge in [-0.2, -0.15) is 0 Å². The van der Waals surface area contributed by atoms with Crippen LogP contribution in [0.1, 0.15) is 18.4 Å². The molecule has 7 nitrogen and oxygen atoms in total. The average molecular weight is 299 g/mol. The lowest BCUT2D eigenvalue weighted by atomic mass is 10.1. The fourth-order valence-electron chi connectivity index (χ4n) is 2.36. The van der Waals surface area contributed by atoms with Gasteiger partial charge in [-0.3, -0.25) is 10.1 Å². The molecule has 1 atom stereocenters. The molecule has 0 saturated carbocycles. The highest BCUT2D eigenvalue weighted by molar-refractivity contribution is 7.89. The molecule has 0 aromatic heterocycles. The highest BCUT2D eigenvalue weighted by Crippen LogP contribution is 2.27. The second kappa shape index (κ2) is 5.86. The number of benzene rings is 1. The first-order valence-corrected chi connectivity index (χ1v) is 7.87. The van der Waals surface area contributed by atoms with Gasteiger partial charge in [-0.05, 0) is 31.9 Å². The zero-order valence-corrected chi connectivity index (χ0v) is 11.9. The Kier molecular flexibility index (Phi) is 4.36. The summed E-state index contributed by atoms with van der Waals surface area (Å²) in [5, 5.41) is 14.1. The second-order valence-electron chi connectivity index (χ2n) is 4.84. The summed E-state index contributed by atoms with van der Waals surface area (Å²) in [7, 11) is -3.90. The summed E-state index contributed by atoms with van der Waals surface area (Å²) in [6.45, 7) is 2.96. The van der Waals surface area contributed by atoms with E-state index in [1.165, 1.54) is 12.1 Å². The maximum absolute atomic E-state index is 12.4. The molecule has 2 N–H and O–H groups in total. The molecule has 0 amide bonds. The number of nitrogens with one attached hydrogen (secondary N) is 2. The zero-order chi connectivity index (χ0) is 14.8. The lowest BCUT2D eigenvalue weighted by molar-refractivity contribution is -0.387. The zero-order valence-electron chi connectivity index (χ0n) is 11.1. The predicted molar refractivity (Wildman–Crippen MR) is 74.0 cm³/mol. The number of aryl methyl sites for hydroxylation is 1. The smallest absolute Gasteiger partial charge is 0.289 e. The van der Waals surface area contributed by atoms with Crippen molar-refractivity contribution in [2.45, 2.75) is 30.7 Å². The predicted octanol–water partition coefficient (Wildman–Crippen LogP) is 0.934. The summed E-state index contributed by atoms with van der Waals surface area (Å²) in [6.07, 6.45) is 1.61. The number of hydrogen-bond donors (Lipinski definition) is 2. The summed E-state index contributed by atoms with van der Waals surface area (Å²) in [6, 6.07) is 4.02. The minimum atomic E-state index is -3.90. The fraction of sp³-hybridized carbons (Fsp3) is 0.500. The van der Waals surface area contributed by atoms with Crippen LogP contribution in [0.5, 0.6) is 0 Å². The Labute approximate surface area is 117 Å². The van der Waals surface area contributed by atoms with Gasteiger partial charge >= 0.3 is 0 Å². The Bertz CT molecular complexity index is 609. The van der Waals surface area contributed by atoms with Crippen LogP contribution in [-0.4, -0.2) is 32.5 Å². The molecule has 2 rings (SSSR count). The van der Waals surface area contributed by atoms with Gasteiger partial charge in [-0.1, -0.05) is 12.1 Å². The van der Waals surface area contributed by atoms with Crippen molar-refractivity contribution in [1.82, 2.24) is 10.0 Å². The average Bonchev–Trinajstić information content (AvgIpc) is 2.38. The van der Waals surface area contributed by atoms with Gasteiger partial charge in [0.05, 0.1) is 4.92 Å². The van der Waals surface area contributed by atoms with Crippen molar-refractivity contribution in [3.05, 3.63) is 33.9 Å². The molecule has 0 aliphatic carbocycles. The number of nitro benzene ring substituents is 1. The maximum Gasteiger partial charge on any atom is 0.289 e. The van der Waals surface area contributed by atoms with Crippen molar-refractivity contribution in [2.24, 2.45) is 0 Å². The Morgan fingerprint density at radius 2 is 2.20 bits per heavy atom. The van der Waals surface area contributed by atoms with Crippen LogP contribution in [0.2, 0.25) is 0 Å². The third-order valence-corrected chi connectivity index (χ3v) is 4.99. The number of hydrogen-bond acceptors (Lipinski definition) is 5. The summed E-state index contributed by atoms with van der Waals surface area (Å²) < 4.78 is 27.4. The summed E-state index contributed by atoms with van der Waals surface area (Å²) in [5.74, 6) is 0. The van der Waals surface area contributed by atoms with Crippen molar-refractivity contribution in [2.75, 3.05) is 13.1 Å². The van der Waals surface area contributed by atoms with E-state index in [-0.39, 0.29) is 16.6 Å². The molecular weight excluding hydrogens is 282 g/mol. The van der Waals surface area contributed by atoms with Crippen molar-refractivity contribution < 1.29 is 13.3 Å². The van der Waals surface area contributed by atoms with Crippen LogP contribution < -0.4 is 10.0 Å². The van der Waals surface area contributed by atoms with Gasteiger partial charge in [-0.25, -0.2) is 13.1 Å². The molecule has 1 aliphatic rings. The first kappa shape index (κ1) is 14.9. The molecule has 20 heavy (non-hydrogen) atoms. The molecule has 1 unspecified atom stereocenters. The van der Waals surface area contributed by atoms with E-state index < -0.39 is 14.9 Å². The van der Waals surface area contributed by atoms with Crippen LogP contribution in [0.25, 0.3) is 0 Å². The lowest BCUT2D eigenvalue weighted by Crippen LogP contribution is -2.45. The summed E-state index contributed by atoms with van der Waals surface area (Å²) in [5.41, 5.74) is -0.0169. The molecule has 0 bridgehead atoms. The molecule has 0 spiro atoms. The molecule has 110 valence electrons. The number of nitro groups is 1. The van der Waals surface area contributed by atoms with Crippen molar-refractivity contribution in [1.29, 1.82) is 0 Å². The molecule has 1 heterocycles. The van der Waals surface area contributed by atoms with E-state index in [9.17, 15) is 18.5 Å². The molecule has 1 fully saturated rings.